The zero-order chi connectivity index (χ0) is 14.8. The molecule has 2 aromatic rings. The summed E-state index contributed by atoms with van der Waals surface area (Å²) in [5, 5.41) is 6.23. The van der Waals surface area contributed by atoms with Crippen molar-refractivity contribution in [1.82, 2.24) is 5.32 Å². The van der Waals surface area contributed by atoms with Gasteiger partial charge >= 0.3 is 6.03 Å². The normalized spacial score (nSPS) is 14.4. The summed E-state index contributed by atoms with van der Waals surface area (Å²) in [6.45, 7) is 4.32. The van der Waals surface area contributed by atoms with Crippen molar-refractivity contribution in [3.63, 3.8) is 0 Å². The molecule has 0 spiro atoms. The quantitative estimate of drug-likeness (QED) is 0.860. The highest BCUT2D eigenvalue weighted by atomic mass is 79.9. The van der Waals surface area contributed by atoms with E-state index in [-0.39, 0.29) is 6.03 Å². The van der Waals surface area contributed by atoms with E-state index in [0.717, 1.165) is 28.9 Å². The summed E-state index contributed by atoms with van der Waals surface area (Å²) in [5.41, 5.74) is 1.95. The van der Waals surface area contributed by atoms with Gasteiger partial charge in [0, 0.05) is 45.2 Å². The maximum atomic E-state index is 11.7. The van der Waals surface area contributed by atoms with Gasteiger partial charge in [-0.05, 0) is 47.1 Å². The van der Waals surface area contributed by atoms with Gasteiger partial charge < -0.3 is 10.6 Å². The predicted octanol–water partition coefficient (Wildman–Crippen LogP) is 3.96. The third-order valence-corrected chi connectivity index (χ3v) is 5.53. The summed E-state index contributed by atoms with van der Waals surface area (Å²) >= 11 is 5.32. The van der Waals surface area contributed by atoms with Crippen LogP contribution in [0.1, 0.15) is 9.75 Å². The Morgan fingerprint density at radius 3 is 2.95 bits per heavy atom. The molecule has 110 valence electrons. The van der Waals surface area contributed by atoms with Crippen LogP contribution in [-0.2, 0) is 6.54 Å². The second kappa shape index (κ2) is 6.07. The van der Waals surface area contributed by atoms with Crippen LogP contribution in [0.4, 0.5) is 16.2 Å². The molecule has 0 radical (unpaired) electrons. The lowest BCUT2D eigenvalue weighted by molar-refractivity contribution is 0.252. The van der Waals surface area contributed by atoms with Gasteiger partial charge in [0.1, 0.15) is 0 Å². The highest BCUT2D eigenvalue weighted by molar-refractivity contribution is 9.10. The molecule has 4 nitrogen and oxygen atoms in total. The number of nitrogens with one attached hydrogen (secondary N) is 2. The number of halogens is 1. The number of nitrogens with zero attached hydrogens (tertiary/aromatic N) is 1. The summed E-state index contributed by atoms with van der Waals surface area (Å²) in [4.78, 5) is 16.0. The van der Waals surface area contributed by atoms with Crippen LogP contribution in [0.15, 0.2) is 34.8 Å². The molecular weight excluding hydrogens is 350 g/mol. The lowest BCUT2D eigenvalue weighted by atomic mass is 10.2. The van der Waals surface area contributed by atoms with E-state index in [1.165, 1.54) is 9.75 Å². The predicted molar refractivity (Wildman–Crippen MR) is 91.3 cm³/mol. The molecule has 1 fully saturated rings. The van der Waals surface area contributed by atoms with Crippen LogP contribution in [0.2, 0.25) is 0 Å². The van der Waals surface area contributed by atoms with Crippen molar-refractivity contribution in [3.05, 3.63) is 44.6 Å². The van der Waals surface area contributed by atoms with Crippen molar-refractivity contribution in [3.8, 4) is 0 Å². The number of urea groups is 1. The number of aryl methyl sites for hydroxylation is 1. The molecule has 2 heterocycles. The molecule has 0 aliphatic carbocycles. The Balaban J connectivity index is 1.70. The molecule has 2 N–H and O–H groups in total. The smallest absolute Gasteiger partial charge is 0.321 e. The number of benzene rings is 1. The molecule has 21 heavy (non-hydrogen) atoms. The first-order chi connectivity index (χ1) is 10.1. The minimum atomic E-state index is -0.0232. The topological polar surface area (TPSA) is 44.4 Å². The minimum absolute atomic E-state index is 0.0232. The highest BCUT2D eigenvalue weighted by Gasteiger charge is 2.20. The zero-order valence-electron chi connectivity index (χ0n) is 11.6. The Labute approximate surface area is 136 Å². The van der Waals surface area contributed by atoms with Gasteiger partial charge in [0.05, 0.1) is 0 Å². The minimum Gasteiger partial charge on any atom is -0.380 e. The molecule has 3 rings (SSSR count). The van der Waals surface area contributed by atoms with Crippen LogP contribution in [0.25, 0.3) is 0 Å². The molecule has 1 saturated heterocycles. The average molecular weight is 366 g/mol. The second-order valence-corrected chi connectivity index (χ2v) is 7.10. The number of anilines is 2. The first-order valence-electron chi connectivity index (χ1n) is 6.77. The van der Waals surface area contributed by atoms with Gasteiger partial charge in [0.15, 0.2) is 0 Å². The number of hydrogen-bond donors (Lipinski definition) is 2. The Morgan fingerprint density at radius 2 is 2.29 bits per heavy atom. The number of carbonyl (C=O) groups is 1. The number of carbonyl (C=O) groups excluding carboxylic acids is 1. The lowest BCUT2D eigenvalue weighted by Gasteiger charge is -2.15. The van der Waals surface area contributed by atoms with E-state index in [1.54, 1.807) is 16.2 Å². The van der Waals surface area contributed by atoms with Crippen molar-refractivity contribution in [2.75, 3.05) is 23.3 Å². The molecule has 0 atom stereocenters. The molecular formula is C15H16BrN3OS. The van der Waals surface area contributed by atoms with Gasteiger partial charge in [0.2, 0.25) is 0 Å². The number of thiophene rings is 1. The summed E-state index contributed by atoms with van der Waals surface area (Å²) < 4.78 is 1.16. The van der Waals surface area contributed by atoms with E-state index < -0.39 is 0 Å². The maximum Gasteiger partial charge on any atom is 0.321 e. The van der Waals surface area contributed by atoms with Crippen LogP contribution in [0.5, 0.6) is 0 Å². The van der Waals surface area contributed by atoms with Gasteiger partial charge in [-0.15, -0.1) is 11.3 Å². The maximum absolute atomic E-state index is 11.7. The van der Waals surface area contributed by atoms with Gasteiger partial charge in [0.25, 0.3) is 0 Å². The molecule has 1 aliphatic heterocycles. The molecule has 1 aromatic carbocycles. The monoisotopic (exact) mass is 365 g/mol. The Bertz CT molecular complexity index is 651. The SMILES string of the molecule is Cc1sc(CNc2cccc(N3CCNC3=O)c2)cc1Br. The molecule has 1 aromatic heterocycles. The highest BCUT2D eigenvalue weighted by Crippen LogP contribution is 2.27. The Kier molecular flexibility index (Phi) is 4.17. The van der Waals surface area contributed by atoms with Crippen LogP contribution in [-0.4, -0.2) is 19.1 Å². The van der Waals surface area contributed by atoms with Gasteiger partial charge in [-0.2, -0.15) is 0 Å². The Hall–Kier alpha value is -1.53. The van der Waals surface area contributed by atoms with E-state index in [9.17, 15) is 4.79 Å². The summed E-state index contributed by atoms with van der Waals surface area (Å²) in [6, 6.07) is 10.1. The summed E-state index contributed by atoms with van der Waals surface area (Å²) in [6.07, 6.45) is 0. The number of hydrogen-bond acceptors (Lipinski definition) is 3. The lowest BCUT2D eigenvalue weighted by Crippen LogP contribution is -2.27. The van der Waals surface area contributed by atoms with E-state index in [4.69, 9.17) is 0 Å². The standard InChI is InChI=1S/C15H16BrN3OS/c1-10-14(16)8-13(21-10)9-18-11-3-2-4-12(7-11)19-6-5-17-15(19)20/h2-4,7-8,18H,5-6,9H2,1H3,(H,17,20). The molecule has 0 bridgehead atoms. The summed E-state index contributed by atoms with van der Waals surface area (Å²) in [5.74, 6) is 0. The van der Waals surface area contributed by atoms with Crippen LogP contribution < -0.4 is 15.5 Å². The van der Waals surface area contributed by atoms with E-state index in [2.05, 4.69) is 39.6 Å². The van der Waals surface area contributed by atoms with E-state index in [1.807, 2.05) is 24.3 Å². The van der Waals surface area contributed by atoms with Gasteiger partial charge in [-0.25, -0.2) is 4.79 Å². The summed E-state index contributed by atoms with van der Waals surface area (Å²) in [7, 11) is 0. The molecule has 2 amide bonds. The van der Waals surface area contributed by atoms with Crippen molar-refractivity contribution in [1.29, 1.82) is 0 Å². The fourth-order valence-corrected chi connectivity index (χ4v) is 3.84. The number of amides is 2. The van der Waals surface area contributed by atoms with E-state index >= 15 is 0 Å². The average Bonchev–Trinajstić information content (AvgIpc) is 3.03. The largest absolute Gasteiger partial charge is 0.380 e. The fraction of sp³-hybridized carbons (Fsp3) is 0.267. The van der Waals surface area contributed by atoms with Crippen LogP contribution in [0.3, 0.4) is 0 Å². The molecule has 0 saturated carbocycles. The van der Waals surface area contributed by atoms with Crippen LogP contribution >= 0.6 is 27.3 Å². The third-order valence-electron chi connectivity index (χ3n) is 3.39. The second-order valence-electron chi connectivity index (χ2n) is 4.90. The Morgan fingerprint density at radius 1 is 1.43 bits per heavy atom. The van der Waals surface area contributed by atoms with E-state index in [0.29, 0.717) is 6.54 Å². The fourth-order valence-electron chi connectivity index (χ4n) is 2.30. The van der Waals surface area contributed by atoms with Gasteiger partial charge in [-0.3, -0.25) is 4.90 Å². The van der Waals surface area contributed by atoms with Crippen LogP contribution in [0, 0.1) is 6.92 Å². The van der Waals surface area contributed by atoms with Crippen molar-refractivity contribution in [2.24, 2.45) is 0 Å². The first kappa shape index (κ1) is 14.4. The first-order valence-corrected chi connectivity index (χ1v) is 8.38. The van der Waals surface area contributed by atoms with Crippen molar-refractivity contribution >= 4 is 44.7 Å². The zero-order valence-corrected chi connectivity index (χ0v) is 14.1. The van der Waals surface area contributed by atoms with Crippen molar-refractivity contribution in [2.45, 2.75) is 13.5 Å². The van der Waals surface area contributed by atoms with Gasteiger partial charge in [-0.1, -0.05) is 6.07 Å². The molecule has 0 unspecified atom stereocenters. The third kappa shape index (κ3) is 3.22. The van der Waals surface area contributed by atoms with Crippen molar-refractivity contribution < 1.29 is 4.79 Å². The molecule has 1 aliphatic rings. The molecule has 6 heteroatoms. The number of rotatable bonds is 4.